The first-order valence-electron chi connectivity index (χ1n) is 13.6. The summed E-state index contributed by atoms with van der Waals surface area (Å²) in [5.74, 6) is 1.03. The van der Waals surface area contributed by atoms with E-state index in [0.29, 0.717) is 29.8 Å². The van der Waals surface area contributed by atoms with E-state index in [4.69, 9.17) is 11.2 Å². The van der Waals surface area contributed by atoms with Gasteiger partial charge in [0.2, 0.25) is 5.88 Å². The van der Waals surface area contributed by atoms with Crippen molar-refractivity contribution in [3.63, 3.8) is 0 Å². The molecule has 212 valence electrons. The molecular weight excluding hydrogens is 542 g/mol. The molecule has 0 spiro atoms. The topological polar surface area (TPSA) is 103 Å². The Hall–Kier alpha value is -4.79. The van der Waals surface area contributed by atoms with Crippen molar-refractivity contribution in [1.82, 2.24) is 25.5 Å². The molecule has 5 heterocycles. The summed E-state index contributed by atoms with van der Waals surface area (Å²) in [5.41, 5.74) is 0.0164. The number of urea groups is 1. The second-order valence-electron chi connectivity index (χ2n) is 10.8. The molecule has 4 aromatic rings. The van der Waals surface area contributed by atoms with Gasteiger partial charge in [0, 0.05) is 49.4 Å². The van der Waals surface area contributed by atoms with Crippen LogP contribution < -0.4 is 20.3 Å². The van der Waals surface area contributed by atoms with Gasteiger partial charge in [-0.05, 0) is 48.6 Å². The molecule has 0 aliphatic carbocycles. The second-order valence-corrected chi connectivity index (χ2v) is 10.8. The summed E-state index contributed by atoms with van der Waals surface area (Å²) < 4.78 is 38.0. The molecule has 3 N–H and O–H groups in total. The van der Waals surface area contributed by atoms with Gasteiger partial charge in [-0.1, -0.05) is 12.0 Å². The van der Waals surface area contributed by atoms with E-state index >= 15 is 4.39 Å². The minimum Gasteiger partial charge on any atom is -0.508 e. The molecule has 2 amide bonds. The number of amides is 2. The Labute approximate surface area is 240 Å². The van der Waals surface area contributed by atoms with E-state index in [1.54, 1.807) is 18.3 Å². The van der Waals surface area contributed by atoms with Crippen LogP contribution in [-0.4, -0.2) is 58.2 Å². The molecule has 0 radical (unpaired) electrons. The predicted octanol–water partition coefficient (Wildman–Crippen LogP) is 4.65. The third-order valence-electron chi connectivity index (χ3n) is 8.20. The molecule has 2 bridgehead atoms. The number of anilines is 1. The van der Waals surface area contributed by atoms with E-state index in [1.165, 1.54) is 42.4 Å². The van der Waals surface area contributed by atoms with Crippen LogP contribution in [0.4, 0.5) is 19.3 Å². The highest BCUT2D eigenvalue weighted by atomic mass is 19.1. The van der Waals surface area contributed by atoms with Gasteiger partial charge in [-0.25, -0.2) is 18.6 Å². The summed E-state index contributed by atoms with van der Waals surface area (Å²) in [6.07, 6.45) is 10.1. The quantitative estimate of drug-likeness (QED) is 0.308. The Balaban J connectivity index is 1.50. The number of phenols is 1. The Morgan fingerprint density at radius 3 is 2.67 bits per heavy atom. The lowest BCUT2D eigenvalue weighted by Gasteiger charge is -2.43. The Kier molecular flexibility index (Phi) is 6.18. The fourth-order valence-electron chi connectivity index (χ4n) is 6.35. The number of terminal acetylenes is 1. The Bertz CT molecular complexity index is 1780. The zero-order valence-electron chi connectivity index (χ0n) is 22.6. The summed E-state index contributed by atoms with van der Waals surface area (Å²) >= 11 is 0. The number of halogens is 2. The maximum atomic E-state index is 16.9. The molecule has 2 aromatic heterocycles. The van der Waals surface area contributed by atoms with Gasteiger partial charge in [-0.15, -0.1) is 6.42 Å². The minimum atomic E-state index is -0.830. The second kappa shape index (κ2) is 9.94. The highest BCUT2D eigenvalue weighted by Crippen LogP contribution is 2.47. The number of nitrogens with one attached hydrogen (secondary N) is 2. The number of aromatic hydroxyl groups is 1. The molecule has 11 heteroatoms. The number of benzene rings is 2. The number of rotatable bonds is 4. The maximum absolute atomic E-state index is 16.9. The average molecular weight is 569 g/mol. The van der Waals surface area contributed by atoms with E-state index in [1.807, 2.05) is 0 Å². The third-order valence-corrected chi connectivity index (χ3v) is 8.20. The van der Waals surface area contributed by atoms with Crippen molar-refractivity contribution in [2.75, 3.05) is 25.0 Å². The van der Waals surface area contributed by atoms with E-state index in [2.05, 4.69) is 31.4 Å². The summed E-state index contributed by atoms with van der Waals surface area (Å²) in [7, 11) is 1.46. The molecule has 2 saturated heterocycles. The monoisotopic (exact) mass is 568 g/mol. The first kappa shape index (κ1) is 26.1. The molecule has 3 unspecified atom stereocenters. The summed E-state index contributed by atoms with van der Waals surface area (Å²) in [5, 5.41) is 17.8. The molecule has 9 nitrogen and oxygen atoms in total. The van der Waals surface area contributed by atoms with Gasteiger partial charge >= 0.3 is 6.03 Å². The normalized spacial score (nSPS) is 21.6. The molecule has 3 atom stereocenters. The van der Waals surface area contributed by atoms with Gasteiger partial charge in [0.1, 0.15) is 29.2 Å². The van der Waals surface area contributed by atoms with Crippen molar-refractivity contribution in [3.05, 3.63) is 71.6 Å². The average Bonchev–Trinajstić information content (AvgIpc) is 3.33. The number of carbonyl (C=O) groups is 1. The van der Waals surface area contributed by atoms with Crippen molar-refractivity contribution in [1.29, 1.82) is 0 Å². The van der Waals surface area contributed by atoms with Gasteiger partial charge in [0.15, 0.2) is 5.82 Å². The van der Waals surface area contributed by atoms with Crippen molar-refractivity contribution < 1.29 is 23.4 Å². The lowest BCUT2D eigenvalue weighted by molar-refractivity contribution is 0.117. The highest BCUT2D eigenvalue weighted by molar-refractivity contribution is 6.03. The molecular formula is C31H26F2N6O3. The number of piperazine rings is 1. The summed E-state index contributed by atoms with van der Waals surface area (Å²) in [4.78, 5) is 25.3. The van der Waals surface area contributed by atoms with Crippen LogP contribution in [-0.2, 0) is 0 Å². The van der Waals surface area contributed by atoms with Crippen LogP contribution in [0.3, 0.4) is 0 Å². The molecule has 7 rings (SSSR count). The first-order valence-corrected chi connectivity index (χ1v) is 13.6. The molecule has 3 aliphatic rings. The van der Waals surface area contributed by atoms with E-state index < -0.39 is 23.8 Å². The zero-order chi connectivity index (χ0) is 29.1. The summed E-state index contributed by atoms with van der Waals surface area (Å²) in [6, 6.07) is 8.71. The largest absolute Gasteiger partial charge is 0.508 e. The zero-order valence-corrected chi connectivity index (χ0v) is 22.6. The molecule has 2 fully saturated rings. The molecule has 42 heavy (non-hydrogen) atoms. The number of aromatic nitrogens is 2. The number of pyridine rings is 2. The van der Waals surface area contributed by atoms with Gasteiger partial charge in [0.05, 0.1) is 23.0 Å². The van der Waals surface area contributed by atoms with Crippen LogP contribution in [0.15, 0.2) is 48.8 Å². The van der Waals surface area contributed by atoms with Crippen LogP contribution in [0.1, 0.15) is 30.1 Å². The van der Waals surface area contributed by atoms with Gasteiger partial charge in [-0.2, -0.15) is 0 Å². The van der Waals surface area contributed by atoms with Crippen molar-refractivity contribution in [3.8, 4) is 41.0 Å². The number of phenolic OH excluding ortho intramolecular Hbond substituents is 1. The van der Waals surface area contributed by atoms with Crippen LogP contribution >= 0.6 is 0 Å². The third kappa shape index (κ3) is 4.19. The van der Waals surface area contributed by atoms with E-state index in [9.17, 15) is 14.3 Å². The van der Waals surface area contributed by atoms with Crippen molar-refractivity contribution in [2.45, 2.75) is 31.1 Å². The van der Waals surface area contributed by atoms with Crippen LogP contribution in [0.5, 0.6) is 17.4 Å². The number of nitrogens with zero attached hydrogens (tertiary/aromatic N) is 4. The minimum absolute atomic E-state index is 0.0336. The standard InChI is InChI=1S/C31H26F2N6O3/c1-3-21-23(32)9-6-16-11-19(40)12-22(24(16)21)27-26(33)28-25(30(36-27)42-20-5-4-10-34-13-20)29(37-31(41)38(28)2)39-14-17-7-8-18(15-39)35-17/h1,4-6,9-13,17-18,29,35,40H,7-8,14-15H2,2H3,(H,37,41). The van der Waals surface area contributed by atoms with E-state index in [0.717, 1.165) is 12.8 Å². The summed E-state index contributed by atoms with van der Waals surface area (Å²) in [6.45, 7) is 1.28. The van der Waals surface area contributed by atoms with Crippen LogP contribution in [0.2, 0.25) is 0 Å². The number of likely N-dealkylation sites (tertiary alicyclic amines) is 1. The fraction of sp³-hybridized carbons (Fsp3) is 0.258. The SMILES string of the molecule is C#Cc1c(F)ccc2cc(O)cc(-c3nc(Oc4cccnc4)c4c(c3F)N(C)C(=O)NC4N3CC4CCC(C3)N4)c12. The van der Waals surface area contributed by atoms with Gasteiger partial charge in [-0.3, -0.25) is 14.8 Å². The van der Waals surface area contributed by atoms with E-state index in [-0.39, 0.29) is 51.6 Å². The smallest absolute Gasteiger partial charge is 0.323 e. The number of hydrogen-bond donors (Lipinski definition) is 3. The molecule has 2 aromatic carbocycles. The number of carbonyl (C=O) groups excluding carboxylic acids is 1. The Morgan fingerprint density at radius 2 is 1.95 bits per heavy atom. The lowest BCUT2D eigenvalue weighted by atomic mass is 9.94. The molecule has 0 saturated carbocycles. The maximum Gasteiger partial charge on any atom is 0.323 e. The predicted molar refractivity (Wildman–Crippen MR) is 152 cm³/mol. The Morgan fingerprint density at radius 1 is 1.17 bits per heavy atom. The fourth-order valence-corrected chi connectivity index (χ4v) is 6.35. The van der Waals surface area contributed by atoms with Crippen molar-refractivity contribution >= 4 is 22.5 Å². The number of ether oxygens (including phenoxy) is 1. The first-order chi connectivity index (χ1) is 20.3. The van der Waals surface area contributed by atoms with Gasteiger partial charge < -0.3 is 20.5 Å². The lowest BCUT2D eigenvalue weighted by Crippen LogP contribution is -2.58. The molecule has 3 aliphatic heterocycles. The van der Waals surface area contributed by atoms with Gasteiger partial charge in [0.25, 0.3) is 0 Å². The number of hydrogen-bond acceptors (Lipinski definition) is 7. The highest BCUT2D eigenvalue weighted by Gasteiger charge is 2.43. The van der Waals surface area contributed by atoms with Crippen LogP contribution in [0.25, 0.3) is 22.0 Å². The van der Waals surface area contributed by atoms with Crippen molar-refractivity contribution in [2.24, 2.45) is 0 Å². The number of fused-ring (bicyclic) bond motifs is 4. The van der Waals surface area contributed by atoms with Crippen LogP contribution in [0, 0.1) is 24.0 Å².